The molecule has 1 aliphatic carbocycles. The van der Waals surface area contributed by atoms with Gasteiger partial charge in [-0.1, -0.05) is 20.8 Å². The summed E-state index contributed by atoms with van der Waals surface area (Å²) in [5.41, 5.74) is 6.81. The molecule has 2 rings (SSSR count). The lowest BCUT2D eigenvalue weighted by molar-refractivity contribution is -0.119. The monoisotopic (exact) mass is 253 g/mol. The topological polar surface area (TPSA) is 68.0 Å². The van der Waals surface area contributed by atoms with Crippen LogP contribution in [-0.2, 0) is 17.6 Å². The first-order chi connectivity index (χ1) is 7.88. The van der Waals surface area contributed by atoms with Gasteiger partial charge < -0.3 is 11.1 Å². The zero-order valence-electron chi connectivity index (χ0n) is 10.5. The van der Waals surface area contributed by atoms with Gasteiger partial charge in [0.15, 0.2) is 5.13 Å². The molecule has 1 aromatic rings. The van der Waals surface area contributed by atoms with Crippen molar-refractivity contribution < 1.29 is 4.79 Å². The first kappa shape index (κ1) is 12.5. The van der Waals surface area contributed by atoms with E-state index in [9.17, 15) is 4.79 Å². The van der Waals surface area contributed by atoms with E-state index in [-0.39, 0.29) is 11.3 Å². The molecule has 1 heterocycles. The van der Waals surface area contributed by atoms with Gasteiger partial charge in [0, 0.05) is 4.88 Å². The van der Waals surface area contributed by atoms with Crippen molar-refractivity contribution >= 4 is 22.4 Å². The molecule has 5 heteroatoms. The first-order valence-electron chi connectivity index (χ1n) is 5.93. The molecule has 0 spiro atoms. The van der Waals surface area contributed by atoms with Crippen molar-refractivity contribution in [3.63, 3.8) is 0 Å². The van der Waals surface area contributed by atoms with E-state index in [4.69, 9.17) is 5.73 Å². The number of fused-ring (bicyclic) bond motifs is 1. The third-order valence-corrected chi connectivity index (χ3v) is 4.11. The number of anilines is 1. The van der Waals surface area contributed by atoms with Crippen LogP contribution in [0, 0.1) is 5.41 Å². The minimum absolute atomic E-state index is 0.148. The van der Waals surface area contributed by atoms with E-state index in [2.05, 4.69) is 10.3 Å². The van der Waals surface area contributed by atoms with Crippen LogP contribution in [0.5, 0.6) is 0 Å². The van der Waals surface area contributed by atoms with E-state index in [1.807, 2.05) is 20.8 Å². The number of nitrogens with two attached hydrogens (primary N) is 1. The van der Waals surface area contributed by atoms with Crippen LogP contribution in [0.4, 0.5) is 5.13 Å². The second-order valence-electron chi connectivity index (χ2n) is 5.58. The standard InChI is InChI=1S/C12H19N3OS/c1-12(2,3)9(13)10(16)15-11-14-7-5-4-6-8(7)17-11/h9H,4-6,13H2,1-3H3,(H,14,15,16)/t9-/m1/s1. The predicted molar refractivity (Wildman–Crippen MR) is 70.2 cm³/mol. The zero-order chi connectivity index (χ0) is 12.6. The van der Waals surface area contributed by atoms with Crippen molar-refractivity contribution in [2.75, 3.05) is 5.32 Å². The molecule has 1 amide bonds. The lowest BCUT2D eigenvalue weighted by Gasteiger charge is -2.25. The van der Waals surface area contributed by atoms with Crippen LogP contribution >= 0.6 is 11.3 Å². The maximum absolute atomic E-state index is 11.9. The van der Waals surface area contributed by atoms with Crippen molar-refractivity contribution in [1.82, 2.24) is 4.98 Å². The Kier molecular flexibility index (Phi) is 3.23. The molecule has 1 aromatic heterocycles. The average Bonchev–Trinajstić information content (AvgIpc) is 2.74. The molecule has 1 aliphatic rings. The van der Waals surface area contributed by atoms with Crippen LogP contribution in [0.15, 0.2) is 0 Å². The van der Waals surface area contributed by atoms with Crippen molar-refractivity contribution in [3.05, 3.63) is 10.6 Å². The number of rotatable bonds is 2. The van der Waals surface area contributed by atoms with Crippen molar-refractivity contribution in [3.8, 4) is 0 Å². The Bertz CT molecular complexity index is 412. The van der Waals surface area contributed by atoms with Crippen LogP contribution in [0.1, 0.15) is 37.8 Å². The van der Waals surface area contributed by atoms with Gasteiger partial charge in [0.2, 0.25) is 5.91 Å². The molecular formula is C12H19N3OS. The van der Waals surface area contributed by atoms with Gasteiger partial charge in [-0.25, -0.2) is 4.98 Å². The summed E-state index contributed by atoms with van der Waals surface area (Å²) in [5.74, 6) is -0.148. The molecule has 0 unspecified atom stereocenters. The lowest BCUT2D eigenvalue weighted by Crippen LogP contribution is -2.45. The summed E-state index contributed by atoms with van der Waals surface area (Å²) in [5, 5.41) is 3.52. The smallest absolute Gasteiger partial charge is 0.243 e. The third kappa shape index (κ3) is 2.66. The Morgan fingerprint density at radius 1 is 1.47 bits per heavy atom. The number of hydrogen-bond acceptors (Lipinski definition) is 4. The van der Waals surface area contributed by atoms with Gasteiger partial charge in [-0.2, -0.15) is 0 Å². The van der Waals surface area contributed by atoms with Gasteiger partial charge in [0.25, 0.3) is 0 Å². The summed E-state index contributed by atoms with van der Waals surface area (Å²) >= 11 is 1.58. The fourth-order valence-electron chi connectivity index (χ4n) is 1.82. The minimum Gasteiger partial charge on any atom is -0.319 e. The van der Waals surface area contributed by atoms with E-state index in [0.29, 0.717) is 5.13 Å². The number of aromatic nitrogens is 1. The molecular weight excluding hydrogens is 234 g/mol. The Balaban J connectivity index is 2.03. The quantitative estimate of drug-likeness (QED) is 0.846. The van der Waals surface area contributed by atoms with Crippen LogP contribution in [0.25, 0.3) is 0 Å². The summed E-state index contributed by atoms with van der Waals surface area (Å²) in [6.07, 6.45) is 3.31. The van der Waals surface area contributed by atoms with Crippen LogP contribution in [0.2, 0.25) is 0 Å². The average molecular weight is 253 g/mol. The molecule has 0 saturated heterocycles. The number of nitrogens with one attached hydrogen (secondary N) is 1. The van der Waals surface area contributed by atoms with Crippen molar-refractivity contribution in [1.29, 1.82) is 0 Å². The molecule has 0 saturated carbocycles. The summed E-state index contributed by atoms with van der Waals surface area (Å²) in [6.45, 7) is 5.87. The van der Waals surface area contributed by atoms with Crippen molar-refractivity contribution in [2.24, 2.45) is 11.1 Å². The number of nitrogens with zero attached hydrogens (tertiary/aromatic N) is 1. The normalized spacial score (nSPS) is 16.7. The highest BCUT2D eigenvalue weighted by Gasteiger charge is 2.28. The number of hydrogen-bond donors (Lipinski definition) is 2. The van der Waals surface area contributed by atoms with Gasteiger partial charge in [0.1, 0.15) is 0 Å². The Hall–Kier alpha value is -0.940. The van der Waals surface area contributed by atoms with Crippen LogP contribution in [0.3, 0.4) is 0 Å². The molecule has 17 heavy (non-hydrogen) atoms. The fourth-order valence-corrected chi connectivity index (χ4v) is 2.87. The number of carbonyl (C=O) groups excluding carboxylic acids is 1. The predicted octanol–water partition coefficient (Wildman–Crippen LogP) is 1.94. The largest absolute Gasteiger partial charge is 0.319 e. The molecule has 0 aromatic carbocycles. The van der Waals surface area contributed by atoms with Crippen molar-refractivity contribution in [2.45, 2.75) is 46.1 Å². The highest BCUT2D eigenvalue weighted by molar-refractivity contribution is 7.15. The van der Waals surface area contributed by atoms with E-state index < -0.39 is 6.04 Å². The Morgan fingerprint density at radius 3 is 2.76 bits per heavy atom. The molecule has 4 nitrogen and oxygen atoms in total. The van der Waals surface area contributed by atoms with Gasteiger partial charge in [0.05, 0.1) is 11.7 Å². The SMILES string of the molecule is CC(C)(C)[C@H](N)C(=O)Nc1nc2c(s1)CCC2. The zero-order valence-corrected chi connectivity index (χ0v) is 11.4. The highest BCUT2D eigenvalue weighted by Crippen LogP contribution is 2.30. The summed E-state index contributed by atoms with van der Waals surface area (Å²) < 4.78 is 0. The number of carbonyl (C=O) groups is 1. The van der Waals surface area contributed by atoms with Gasteiger partial charge >= 0.3 is 0 Å². The molecule has 0 aliphatic heterocycles. The van der Waals surface area contributed by atoms with E-state index in [0.717, 1.165) is 18.5 Å². The summed E-state index contributed by atoms with van der Waals surface area (Å²) in [6, 6.07) is -0.513. The summed E-state index contributed by atoms with van der Waals surface area (Å²) in [7, 11) is 0. The summed E-state index contributed by atoms with van der Waals surface area (Å²) in [4.78, 5) is 17.7. The second-order valence-corrected chi connectivity index (χ2v) is 6.66. The minimum atomic E-state index is -0.513. The molecule has 94 valence electrons. The molecule has 0 fully saturated rings. The molecule has 0 radical (unpaired) electrons. The first-order valence-corrected chi connectivity index (χ1v) is 6.74. The van der Waals surface area contributed by atoms with Crippen LogP contribution < -0.4 is 11.1 Å². The van der Waals surface area contributed by atoms with Gasteiger partial charge in [-0.3, -0.25) is 4.79 Å². The van der Waals surface area contributed by atoms with Gasteiger partial charge in [-0.05, 0) is 24.7 Å². The molecule has 1 atom stereocenters. The van der Waals surface area contributed by atoms with Gasteiger partial charge in [-0.15, -0.1) is 11.3 Å². The Morgan fingerprint density at radius 2 is 2.18 bits per heavy atom. The maximum Gasteiger partial charge on any atom is 0.243 e. The second kappa shape index (κ2) is 4.38. The lowest BCUT2D eigenvalue weighted by atomic mass is 9.87. The number of thiazole rings is 1. The highest BCUT2D eigenvalue weighted by atomic mass is 32.1. The molecule has 0 bridgehead atoms. The van der Waals surface area contributed by atoms with E-state index >= 15 is 0 Å². The van der Waals surface area contributed by atoms with E-state index in [1.54, 1.807) is 11.3 Å². The van der Waals surface area contributed by atoms with Crippen LogP contribution in [-0.4, -0.2) is 16.9 Å². The maximum atomic E-state index is 11.9. The number of aryl methyl sites for hydroxylation is 2. The Labute approximate surface area is 106 Å². The van der Waals surface area contributed by atoms with E-state index in [1.165, 1.54) is 11.3 Å². The molecule has 3 N–H and O–H groups in total. The fraction of sp³-hybridized carbons (Fsp3) is 0.667. The number of amides is 1. The third-order valence-electron chi connectivity index (χ3n) is 3.04.